The molecule has 0 unspecified atom stereocenters. The van der Waals surface area contributed by atoms with Crippen molar-refractivity contribution in [3.8, 4) is 0 Å². The van der Waals surface area contributed by atoms with Crippen LogP contribution in [0.3, 0.4) is 0 Å². The molecule has 1 saturated heterocycles. The average Bonchev–Trinajstić information content (AvgIpc) is 2.03. The zero-order chi connectivity index (χ0) is 9.57. The van der Waals surface area contributed by atoms with Crippen molar-refractivity contribution in [3.63, 3.8) is 0 Å². The molecule has 1 nitrogen and oxygen atoms in total. The van der Waals surface area contributed by atoms with E-state index < -0.39 is 5.67 Å². The van der Waals surface area contributed by atoms with Crippen LogP contribution in [-0.2, 0) is 0 Å². The van der Waals surface area contributed by atoms with Gasteiger partial charge in [-0.05, 0) is 41.0 Å². The Morgan fingerprint density at radius 3 is 2.08 bits per heavy atom. The Balaban J connectivity index is 2.71. The van der Waals surface area contributed by atoms with Crippen LogP contribution < -0.4 is 0 Å². The summed E-state index contributed by atoms with van der Waals surface area (Å²) >= 11 is 0. The molecule has 1 fully saturated rings. The van der Waals surface area contributed by atoms with Crippen LogP contribution in [0, 0.1) is 0 Å². The third kappa shape index (κ3) is 1.98. The van der Waals surface area contributed by atoms with Crippen molar-refractivity contribution >= 4 is 0 Å². The van der Waals surface area contributed by atoms with Gasteiger partial charge >= 0.3 is 0 Å². The van der Waals surface area contributed by atoms with Gasteiger partial charge in [-0.1, -0.05) is 0 Å². The molecule has 0 spiro atoms. The fourth-order valence-corrected chi connectivity index (χ4v) is 2.20. The Hall–Kier alpha value is -0.110. The second kappa shape index (κ2) is 2.69. The van der Waals surface area contributed by atoms with Gasteiger partial charge in [-0.25, -0.2) is 4.39 Å². The predicted octanol–water partition coefficient (Wildman–Crippen LogP) is 2.61. The highest BCUT2D eigenvalue weighted by atomic mass is 19.1. The summed E-state index contributed by atoms with van der Waals surface area (Å²) in [5.74, 6) is 0. The van der Waals surface area contributed by atoms with Gasteiger partial charge in [-0.3, -0.25) is 4.90 Å². The van der Waals surface area contributed by atoms with E-state index in [1.165, 1.54) is 0 Å². The number of hydrogen-bond acceptors (Lipinski definition) is 1. The molecular formula is C10H20FN. The summed E-state index contributed by atoms with van der Waals surface area (Å²) in [4.78, 5) is 2.24. The quantitative estimate of drug-likeness (QED) is 0.544. The van der Waals surface area contributed by atoms with E-state index in [1.807, 2.05) is 0 Å². The fourth-order valence-electron chi connectivity index (χ4n) is 2.20. The van der Waals surface area contributed by atoms with E-state index in [0.29, 0.717) is 19.0 Å². The van der Waals surface area contributed by atoms with Gasteiger partial charge in [0.25, 0.3) is 0 Å². The number of hydrogen-bond donors (Lipinski definition) is 0. The van der Waals surface area contributed by atoms with E-state index in [0.717, 1.165) is 0 Å². The molecule has 0 saturated carbocycles. The van der Waals surface area contributed by atoms with Gasteiger partial charge in [0, 0.05) is 18.1 Å². The molecule has 0 aliphatic carbocycles. The Labute approximate surface area is 74.9 Å². The molecule has 0 aromatic rings. The van der Waals surface area contributed by atoms with E-state index in [1.54, 1.807) is 6.92 Å². The van der Waals surface area contributed by atoms with Crippen LogP contribution in [0.1, 0.15) is 41.0 Å². The highest BCUT2D eigenvalue weighted by Gasteiger charge is 2.42. The normalized spacial score (nSPS) is 39.0. The first kappa shape index (κ1) is 9.97. The SMILES string of the molecule is C[C@@H]1C[C@@](C)(F)CN1C(C)(C)C. The van der Waals surface area contributed by atoms with Gasteiger partial charge in [0.15, 0.2) is 0 Å². The van der Waals surface area contributed by atoms with Crippen LogP contribution in [0.2, 0.25) is 0 Å². The van der Waals surface area contributed by atoms with Crippen molar-refractivity contribution in [1.82, 2.24) is 4.90 Å². The molecule has 0 radical (unpaired) electrons. The van der Waals surface area contributed by atoms with E-state index in [4.69, 9.17) is 0 Å². The molecule has 1 aliphatic rings. The van der Waals surface area contributed by atoms with Gasteiger partial charge < -0.3 is 0 Å². The molecule has 0 amide bonds. The topological polar surface area (TPSA) is 3.24 Å². The minimum atomic E-state index is -0.979. The third-order valence-corrected chi connectivity index (χ3v) is 2.61. The van der Waals surface area contributed by atoms with Crippen LogP contribution in [0.15, 0.2) is 0 Å². The van der Waals surface area contributed by atoms with Gasteiger partial charge in [0.2, 0.25) is 0 Å². The summed E-state index contributed by atoms with van der Waals surface area (Å²) in [7, 11) is 0. The zero-order valence-electron chi connectivity index (χ0n) is 8.82. The van der Waals surface area contributed by atoms with Crippen LogP contribution in [0.25, 0.3) is 0 Å². The first-order valence-electron chi connectivity index (χ1n) is 4.68. The van der Waals surface area contributed by atoms with Crippen LogP contribution in [-0.4, -0.2) is 28.7 Å². The molecule has 0 N–H and O–H groups in total. The second-order valence-corrected chi connectivity index (χ2v) is 5.27. The summed E-state index contributed by atoms with van der Waals surface area (Å²) in [6.07, 6.45) is 0.671. The van der Waals surface area contributed by atoms with E-state index in [9.17, 15) is 4.39 Å². The molecule has 0 aromatic heterocycles. The van der Waals surface area contributed by atoms with E-state index >= 15 is 0 Å². The van der Waals surface area contributed by atoms with Gasteiger partial charge in [0.1, 0.15) is 5.67 Å². The molecule has 0 aromatic carbocycles. The molecule has 1 aliphatic heterocycles. The molecule has 1 rings (SSSR count). The van der Waals surface area contributed by atoms with Crippen molar-refractivity contribution < 1.29 is 4.39 Å². The van der Waals surface area contributed by atoms with Gasteiger partial charge in [-0.2, -0.15) is 0 Å². The highest BCUT2D eigenvalue weighted by Crippen LogP contribution is 2.34. The second-order valence-electron chi connectivity index (χ2n) is 5.27. The van der Waals surface area contributed by atoms with Crippen molar-refractivity contribution in [1.29, 1.82) is 0 Å². The maximum absolute atomic E-state index is 13.6. The smallest absolute Gasteiger partial charge is 0.122 e. The van der Waals surface area contributed by atoms with Crippen molar-refractivity contribution in [2.75, 3.05) is 6.54 Å². The van der Waals surface area contributed by atoms with Crippen molar-refractivity contribution in [2.24, 2.45) is 0 Å². The molecular weight excluding hydrogens is 153 g/mol. The first-order valence-corrected chi connectivity index (χ1v) is 4.68. The minimum Gasteiger partial charge on any atom is -0.293 e. The van der Waals surface area contributed by atoms with Crippen LogP contribution in [0.5, 0.6) is 0 Å². The largest absolute Gasteiger partial charge is 0.293 e. The number of halogens is 1. The van der Waals surface area contributed by atoms with Crippen LogP contribution in [0.4, 0.5) is 4.39 Å². The standard InChI is InChI=1S/C10H20FN/c1-8-6-10(5,11)7-12(8)9(2,3)4/h8H,6-7H2,1-5H3/t8-,10-/m1/s1. The highest BCUT2D eigenvalue weighted by molar-refractivity contribution is 4.96. The molecule has 72 valence electrons. The van der Waals surface area contributed by atoms with Gasteiger partial charge in [-0.15, -0.1) is 0 Å². The lowest BCUT2D eigenvalue weighted by molar-refractivity contribution is 0.108. The Kier molecular flexibility index (Phi) is 2.24. The average molecular weight is 173 g/mol. The molecule has 0 bridgehead atoms. The van der Waals surface area contributed by atoms with E-state index in [-0.39, 0.29) is 5.54 Å². The summed E-state index contributed by atoms with van der Waals surface area (Å²) < 4.78 is 13.6. The minimum absolute atomic E-state index is 0.100. The lowest BCUT2D eigenvalue weighted by atomic mass is 10.1. The first-order chi connectivity index (χ1) is 5.22. The van der Waals surface area contributed by atoms with Gasteiger partial charge in [0.05, 0.1) is 0 Å². The summed E-state index contributed by atoms with van der Waals surface area (Å²) in [5.41, 5.74) is -0.879. The third-order valence-electron chi connectivity index (χ3n) is 2.61. The molecule has 2 heteroatoms. The molecule has 12 heavy (non-hydrogen) atoms. The summed E-state index contributed by atoms with van der Waals surface area (Å²) in [6.45, 7) is 10.8. The lowest BCUT2D eigenvalue weighted by Crippen LogP contribution is -2.44. The number of alkyl halides is 1. The van der Waals surface area contributed by atoms with Crippen LogP contribution >= 0.6 is 0 Å². The van der Waals surface area contributed by atoms with Crippen molar-refractivity contribution in [3.05, 3.63) is 0 Å². The number of rotatable bonds is 0. The summed E-state index contributed by atoms with van der Waals surface area (Å²) in [6, 6.07) is 0.375. The lowest BCUT2D eigenvalue weighted by Gasteiger charge is -2.35. The zero-order valence-corrected chi connectivity index (χ0v) is 8.82. The summed E-state index contributed by atoms with van der Waals surface area (Å²) in [5, 5.41) is 0. The predicted molar refractivity (Wildman–Crippen MR) is 50.1 cm³/mol. The maximum Gasteiger partial charge on any atom is 0.122 e. The Morgan fingerprint density at radius 1 is 1.42 bits per heavy atom. The fraction of sp³-hybridized carbons (Fsp3) is 1.00. The maximum atomic E-state index is 13.6. The van der Waals surface area contributed by atoms with E-state index in [2.05, 4.69) is 32.6 Å². The number of likely N-dealkylation sites (tertiary alicyclic amines) is 1. The Bertz CT molecular complexity index is 169. The molecule has 1 heterocycles. The molecule has 2 atom stereocenters. The Morgan fingerprint density at radius 2 is 1.92 bits per heavy atom. The monoisotopic (exact) mass is 173 g/mol. The van der Waals surface area contributed by atoms with Crippen molar-refractivity contribution in [2.45, 2.75) is 58.3 Å². The number of nitrogens with zero attached hydrogens (tertiary/aromatic N) is 1.